The standard InChI is InChI=1S/C13H14F6O/c1-11(2,3)8-4-6-9(7-5-8)20-13(18,19)10(14)12(15,16)17/h4-7,10H,1-3H3. The first kappa shape index (κ1) is 16.7. The first-order valence-electron chi connectivity index (χ1n) is 5.72. The van der Waals surface area contributed by atoms with E-state index in [0.717, 1.165) is 17.7 Å². The van der Waals surface area contributed by atoms with Gasteiger partial charge in [-0.2, -0.15) is 22.0 Å². The number of hydrogen-bond donors (Lipinski definition) is 0. The smallest absolute Gasteiger partial charge is 0.430 e. The number of halogens is 6. The molecule has 0 amide bonds. The second-order valence-corrected chi connectivity index (χ2v) is 5.34. The highest BCUT2D eigenvalue weighted by Crippen LogP contribution is 2.36. The number of hydrogen-bond acceptors (Lipinski definition) is 1. The van der Waals surface area contributed by atoms with Crippen molar-refractivity contribution in [3.63, 3.8) is 0 Å². The van der Waals surface area contributed by atoms with Gasteiger partial charge in [0.25, 0.3) is 6.17 Å². The van der Waals surface area contributed by atoms with Crippen LogP contribution >= 0.6 is 0 Å². The van der Waals surface area contributed by atoms with Gasteiger partial charge in [-0.1, -0.05) is 32.9 Å². The first-order chi connectivity index (χ1) is 8.84. The largest absolute Gasteiger partial charge is 0.439 e. The van der Waals surface area contributed by atoms with Crippen LogP contribution < -0.4 is 4.74 Å². The quantitative estimate of drug-likeness (QED) is 0.725. The normalized spacial score (nSPS) is 15.1. The molecule has 1 nitrogen and oxygen atoms in total. The van der Waals surface area contributed by atoms with Crippen LogP contribution in [0, 0.1) is 0 Å². The maximum Gasteiger partial charge on any atom is 0.439 e. The van der Waals surface area contributed by atoms with Gasteiger partial charge in [-0.3, -0.25) is 0 Å². The second kappa shape index (κ2) is 5.18. The van der Waals surface area contributed by atoms with Gasteiger partial charge in [0.2, 0.25) is 0 Å². The van der Waals surface area contributed by atoms with Crippen LogP contribution in [0.4, 0.5) is 26.3 Å². The minimum Gasteiger partial charge on any atom is -0.430 e. The molecular formula is C13H14F6O. The zero-order valence-electron chi connectivity index (χ0n) is 11.1. The number of rotatable bonds is 3. The fourth-order valence-corrected chi connectivity index (χ4v) is 1.42. The Morgan fingerprint density at radius 3 is 1.70 bits per heavy atom. The van der Waals surface area contributed by atoms with Crippen LogP contribution in [0.5, 0.6) is 5.75 Å². The molecule has 0 saturated carbocycles. The van der Waals surface area contributed by atoms with E-state index in [4.69, 9.17) is 0 Å². The minimum atomic E-state index is -5.69. The Morgan fingerprint density at radius 1 is 0.900 bits per heavy atom. The van der Waals surface area contributed by atoms with Crippen LogP contribution in [0.15, 0.2) is 24.3 Å². The molecule has 20 heavy (non-hydrogen) atoms. The van der Waals surface area contributed by atoms with Gasteiger partial charge in [-0.25, -0.2) is 4.39 Å². The molecule has 0 fully saturated rings. The van der Waals surface area contributed by atoms with E-state index in [1.54, 1.807) is 0 Å². The van der Waals surface area contributed by atoms with Gasteiger partial charge in [-0.15, -0.1) is 0 Å². The molecule has 0 aromatic heterocycles. The number of ether oxygens (including phenoxy) is 1. The monoisotopic (exact) mass is 300 g/mol. The summed E-state index contributed by atoms with van der Waals surface area (Å²) in [5.74, 6) is -0.533. The van der Waals surface area contributed by atoms with Crippen LogP contribution in [0.25, 0.3) is 0 Å². The van der Waals surface area contributed by atoms with E-state index < -0.39 is 24.2 Å². The van der Waals surface area contributed by atoms with Crippen molar-refractivity contribution in [1.82, 2.24) is 0 Å². The van der Waals surface area contributed by atoms with Gasteiger partial charge in [0.1, 0.15) is 5.75 Å². The average molecular weight is 300 g/mol. The minimum absolute atomic E-state index is 0.254. The Bertz CT molecular complexity index is 443. The van der Waals surface area contributed by atoms with Gasteiger partial charge in [0.05, 0.1) is 0 Å². The van der Waals surface area contributed by atoms with Crippen molar-refractivity contribution in [2.75, 3.05) is 0 Å². The molecule has 0 N–H and O–H groups in total. The topological polar surface area (TPSA) is 9.23 Å². The molecule has 114 valence electrons. The summed E-state index contributed by atoms with van der Waals surface area (Å²) in [4.78, 5) is 0. The third-order valence-corrected chi connectivity index (χ3v) is 2.56. The summed E-state index contributed by atoms with van der Waals surface area (Å²) in [7, 11) is 0. The van der Waals surface area contributed by atoms with Crippen molar-refractivity contribution in [3.8, 4) is 5.75 Å². The van der Waals surface area contributed by atoms with Gasteiger partial charge in [0, 0.05) is 0 Å². The maximum absolute atomic E-state index is 13.0. The van der Waals surface area contributed by atoms with Crippen molar-refractivity contribution < 1.29 is 31.1 Å². The molecule has 1 unspecified atom stereocenters. The molecule has 1 aromatic carbocycles. The first-order valence-corrected chi connectivity index (χ1v) is 5.72. The van der Waals surface area contributed by atoms with E-state index in [1.807, 2.05) is 20.8 Å². The van der Waals surface area contributed by atoms with E-state index in [2.05, 4.69) is 4.74 Å². The second-order valence-electron chi connectivity index (χ2n) is 5.34. The molecule has 7 heteroatoms. The summed E-state index contributed by atoms with van der Waals surface area (Å²) >= 11 is 0. The van der Waals surface area contributed by atoms with Crippen molar-refractivity contribution in [2.24, 2.45) is 0 Å². The Morgan fingerprint density at radius 2 is 1.35 bits per heavy atom. The summed E-state index contributed by atoms with van der Waals surface area (Å²) in [6.45, 7) is 5.62. The highest BCUT2D eigenvalue weighted by molar-refractivity contribution is 5.31. The van der Waals surface area contributed by atoms with Crippen molar-refractivity contribution in [2.45, 2.75) is 44.6 Å². The van der Waals surface area contributed by atoms with Gasteiger partial charge < -0.3 is 4.74 Å². The predicted molar refractivity (Wildman–Crippen MR) is 61.7 cm³/mol. The van der Waals surface area contributed by atoms with Crippen LogP contribution in [0.2, 0.25) is 0 Å². The molecule has 0 spiro atoms. The fraction of sp³-hybridized carbons (Fsp3) is 0.538. The van der Waals surface area contributed by atoms with E-state index in [9.17, 15) is 26.3 Å². The molecule has 0 aliphatic heterocycles. The fourth-order valence-electron chi connectivity index (χ4n) is 1.42. The molecule has 0 bridgehead atoms. The number of alkyl halides is 6. The third kappa shape index (κ3) is 4.05. The zero-order chi connectivity index (χ0) is 15.8. The molecule has 1 aromatic rings. The zero-order valence-corrected chi connectivity index (χ0v) is 11.1. The highest BCUT2D eigenvalue weighted by atomic mass is 19.4. The van der Waals surface area contributed by atoms with Crippen LogP contribution in [0.1, 0.15) is 26.3 Å². The Hall–Kier alpha value is -1.40. The van der Waals surface area contributed by atoms with Gasteiger partial charge >= 0.3 is 12.3 Å². The van der Waals surface area contributed by atoms with E-state index >= 15 is 0 Å². The summed E-state index contributed by atoms with van der Waals surface area (Å²) in [5.41, 5.74) is 0.524. The molecular weight excluding hydrogens is 286 g/mol. The van der Waals surface area contributed by atoms with Crippen molar-refractivity contribution in [3.05, 3.63) is 29.8 Å². The lowest BCUT2D eigenvalue weighted by molar-refractivity contribution is -0.304. The SMILES string of the molecule is CC(C)(C)c1ccc(OC(F)(F)C(F)C(F)(F)F)cc1. The summed E-state index contributed by atoms with van der Waals surface area (Å²) in [6, 6.07) is 5.04. The van der Waals surface area contributed by atoms with Crippen LogP contribution in [-0.2, 0) is 5.41 Å². The van der Waals surface area contributed by atoms with E-state index in [-0.39, 0.29) is 5.41 Å². The summed E-state index contributed by atoms with van der Waals surface area (Å²) < 4.78 is 78.3. The van der Waals surface area contributed by atoms with Crippen LogP contribution in [0.3, 0.4) is 0 Å². The lowest BCUT2D eigenvalue weighted by Gasteiger charge is -2.24. The van der Waals surface area contributed by atoms with Gasteiger partial charge in [-0.05, 0) is 23.1 Å². The Kier molecular flexibility index (Phi) is 4.31. The van der Waals surface area contributed by atoms with Crippen molar-refractivity contribution in [1.29, 1.82) is 0 Å². The van der Waals surface area contributed by atoms with Gasteiger partial charge in [0.15, 0.2) is 0 Å². The highest BCUT2D eigenvalue weighted by Gasteiger charge is 2.59. The molecule has 0 aliphatic carbocycles. The lowest BCUT2D eigenvalue weighted by atomic mass is 9.87. The molecule has 0 aliphatic rings. The predicted octanol–water partition coefficient (Wildman–Crippen LogP) is 4.86. The average Bonchev–Trinajstić information content (AvgIpc) is 2.25. The third-order valence-electron chi connectivity index (χ3n) is 2.56. The van der Waals surface area contributed by atoms with Crippen molar-refractivity contribution >= 4 is 0 Å². The Balaban J connectivity index is 2.88. The lowest BCUT2D eigenvalue weighted by Crippen LogP contribution is -2.45. The Labute approximate surface area is 112 Å². The van der Waals surface area contributed by atoms with Crippen LogP contribution in [-0.4, -0.2) is 18.5 Å². The maximum atomic E-state index is 13.0. The van der Waals surface area contributed by atoms with E-state index in [0.29, 0.717) is 0 Å². The van der Waals surface area contributed by atoms with E-state index in [1.165, 1.54) is 12.1 Å². The summed E-state index contributed by atoms with van der Waals surface area (Å²) in [5, 5.41) is 0. The molecule has 1 atom stereocenters. The molecule has 0 heterocycles. The molecule has 0 radical (unpaired) electrons. The number of benzene rings is 1. The summed E-state index contributed by atoms with van der Waals surface area (Å²) in [6.07, 6.45) is -15.0. The molecule has 0 saturated heterocycles. The molecule has 1 rings (SSSR count).